The van der Waals surface area contributed by atoms with Gasteiger partial charge in [0.2, 0.25) is 0 Å². The molecule has 0 unspecified atom stereocenters. The average molecular weight is 221 g/mol. The molecule has 1 aromatic rings. The molecule has 16 heavy (non-hydrogen) atoms. The van der Waals surface area contributed by atoms with E-state index in [9.17, 15) is 0 Å². The van der Waals surface area contributed by atoms with Gasteiger partial charge in [-0.25, -0.2) is 0 Å². The second kappa shape index (κ2) is 4.58. The van der Waals surface area contributed by atoms with Crippen LogP contribution in [0.25, 0.3) is 0 Å². The van der Waals surface area contributed by atoms with Crippen LogP contribution >= 0.6 is 0 Å². The van der Waals surface area contributed by atoms with Gasteiger partial charge < -0.3 is 5.32 Å². The van der Waals surface area contributed by atoms with Crippen molar-refractivity contribution in [3.63, 3.8) is 0 Å². The van der Waals surface area contributed by atoms with Gasteiger partial charge in [-0.1, -0.05) is 13.8 Å². The molecule has 0 saturated heterocycles. The van der Waals surface area contributed by atoms with Gasteiger partial charge in [0.25, 0.3) is 0 Å². The Balaban J connectivity index is 1.68. The highest BCUT2D eigenvalue weighted by molar-refractivity contribution is 5.01. The molecule has 0 radical (unpaired) electrons. The molecule has 1 saturated carbocycles. The molecule has 1 aliphatic rings. The zero-order chi connectivity index (χ0) is 11.6. The number of hydrogen-bond donors (Lipinski definition) is 1. The van der Waals surface area contributed by atoms with E-state index in [1.54, 1.807) is 0 Å². The molecule has 0 aliphatic heterocycles. The van der Waals surface area contributed by atoms with Crippen LogP contribution in [0.1, 0.15) is 32.4 Å². The van der Waals surface area contributed by atoms with E-state index < -0.39 is 0 Å². The van der Waals surface area contributed by atoms with Gasteiger partial charge in [-0.2, -0.15) is 5.10 Å². The lowest BCUT2D eigenvalue weighted by atomic mass is 9.92. The first-order chi connectivity index (χ1) is 7.64. The van der Waals surface area contributed by atoms with Gasteiger partial charge in [0.15, 0.2) is 0 Å². The van der Waals surface area contributed by atoms with Crippen molar-refractivity contribution in [1.29, 1.82) is 0 Å². The molecule has 90 valence electrons. The normalized spacial score (nSPS) is 18.0. The maximum Gasteiger partial charge on any atom is 0.0492 e. The summed E-state index contributed by atoms with van der Waals surface area (Å²) in [6.07, 6.45) is 5.75. The monoisotopic (exact) mass is 221 g/mol. The largest absolute Gasteiger partial charge is 0.316 e. The van der Waals surface area contributed by atoms with Crippen molar-refractivity contribution in [3.05, 3.63) is 18.0 Å². The Bertz CT molecular complexity index is 337. The fourth-order valence-corrected chi connectivity index (χ4v) is 2.32. The summed E-state index contributed by atoms with van der Waals surface area (Å²) in [5.41, 5.74) is 1.92. The quantitative estimate of drug-likeness (QED) is 0.745. The van der Waals surface area contributed by atoms with Gasteiger partial charge in [0.05, 0.1) is 0 Å². The highest BCUT2D eigenvalue weighted by atomic mass is 15.3. The Morgan fingerprint density at radius 1 is 1.50 bits per heavy atom. The van der Waals surface area contributed by atoms with Gasteiger partial charge >= 0.3 is 0 Å². The number of rotatable bonds is 6. The number of aryl methyl sites for hydroxylation is 1. The summed E-state index contributed by atoms with van der Waals surface area (Å²) in [7, 11) is 2.01. The molecule has 2 rings (SSSR count). The predicted molar refractivity (Wildman–Crippen MR) is 66.3 cm³/mol. The average Bonchev–Trinajstić information content (AvgIpc) is 2.93. The molecule has 1 aromatic heterocycles. The van der Waals surface area contributed by atoms with Crippen molar-refractivity contribution in [1.82, 2.24) is 15.1 Å². The third-order valence-electron chi connectivity index (χ3n) is 4.07. The lowest BCUT2D eigenvalue weighted by Crippen LogP contribution is -2.29. The molecule has 1 heterocycles. The van der Waals surface area contributed by atoms with Gasteiger partial charge in [-0.3, -0.25) is 4.68 Å². The van der Waals surface area contributed by atoms with Crippen LogP contribution in [-0.2, 0) is 13.5 Å². The minimum Gasteiger partial charge on any atom is -0.316 e. The van der Waals surface area contributed by atoms with E-state index in [2.05, 4.69) is 30.3 Å². The number of nitrogens with zero attached hydrogens (tertiary/aromatic N) is 2. The molecule has 0 spiro atoms. The van der Waals surface area contributed by atoms with Crippen LogP contribution in [-0.4, -0.2) is 22.9 Å². The maximum absolute atomic E-state index is 4.17. The van der Waals surface area contributed by atoms with E-state index in [1.165, 1.54) is 25.1 Å². The molecule has 3 nitrogen and oxygen atoms in total. The summed E-state index contributed by atoms with van der Waals surface area (Å²) in [6.45, 7) is 6.93. The lowest BCUT2D eigenvalue weighted by Gasteiger charge is -2.20. The highest BCUT2D eigenvalue weighted by Gasteiger charge is 2.44. The van der Waals surface area contributed by atoms with E-state index in [-0.39, 0.29) is 0 Å². The molecular formula is C13H23N3. The Labute approximate surface area is 98.2 Å². The van der Waals surface area contributed by atoms with Gasteiger partial charge in [0, 0.05) is 38.4 Å². The topological polar surface area (TPSA) is 29.9 Å². The van der Waals surface area contributed by atoms with E-state index in [4.69, 9.17) is 0 Å². The molecule has 1 N–H and O–H groups in total. The molecule has 1 fully saturated rings. The first-order valence-corrected chi connectivity index (χ1v) is 6.32. The minimum absolute atomic E-state index is 0.618. The maximum atomic E-state index is 4.17. The van der Waals surface area contributed by atoms with E-state index in [0.29, 0.717) is 5.41 Å². The third kappa shape index (κ3) is 2.46. The van der Waals surface area contributed by atoms with Crippen LogP contribution < -0.4 is 5.32 Å². The second-order valence-corrected chi connectivity index (χ2v) is 5.39. The van der Waals surface area contributed by atoms with E-state index in [0.717, 1.165) is 18.9 Å². The first kappa shape index (κ1) is 11.6. The van der Waals surface area contributed by atoms with Crippen LogP contribution in [0.4, 0.5) is 0 Å². The third-order valence-corrected chi connectivity index (χ3v) is 4.07. The van der Waals surface area contributed by atoms with Crippen LogP contribution in [0.2, 0.25) is 0 Å². The summed E-state index contributed by atoms with van der Waals surface area (Å²) in [5, 5.41) is 7.77. The van der Waals surface area contributed by atoms with Gasteiger partial charge in [-0.05, 0) is 30.2 Å². The summed E-state index contributed by atoms with van der Waals surface area (Å²) < 4.78 is 1.96. The SMILES string of the molecule is CC(C)C1(CNCCc2ccnn2C)CC1. The fourth-order valence-electron chi connectivity index (χ4n) is 2.32. The van der Waals surface area contributed by atoms with Crippen LogP contribution in [0.3, 0.4) is 0 Å². The van der Waals surface area contributed by atoms with Crippen molar-refractivity contribution < 1.29 is 0 Å². The van der Waals surface area contributed by atoms with E-state index >= 15 is 0 Å². The Hall–Kier alpha value is -0.830. The van der Waals surface area contributed by atoms with Crippen molar-refractivity contribution in [3.8, 4) is 0 Å². The predicted octanol–water partition coefficient (Wildman–Crippen LogP) is 1.99. The summed E-state index contributed by atoms with van der Waals surface area (Å²) in [5.74, 6) is 0.816. The summed E-state index contributed by atoms with van der Waals surface area (Å²) in [4.78, 5) is 0. The van der Waals surface area contributed by atoms with Crippen molar-refractivity contribution >= 4 is 0 Å². The smallest absolute Gasteiger partial charge is 0.0492 e. The fraction of sp³-hybridized carbons (Fsp3) is 0.769. The highest BCUT2D eigenvalue weighted by Crippen LogP contribution is 2.51. The van der Waals surface area contributed by atoms with Gasteiger partial charge in [0.1, 0.15) is 0 Å². The van der Waals surface area contributed by atoms with Crippen molar-refractivity contribution in [2.24, 2.45) is 18.4 Å². The van der Waals surface area contributed by atoms with Crippen LogP contribution in [0.15, 0.2) is 12.3 Å². The Kier molecular flexibility index (Phi) is 3.33. The second-order valence-electron chi connectivity index (χ2n) is 5.39. The molecule has 3 heteroatoms. The van der Waals surface area contributed by atoms with Crippen molar-refractivity contribution in [2.75, 3.05) is 13.1 Å². The number of hydrogen-bond acceptors (Lipinski definition) is 2. The molecule has 1 aliphatic carbocycles. The zero-order valence-corrected chi connectivity index (χ0v) is 10.7. The van der Waals surface area contributed by atoms with Crippen LogP contribution in [0, 0.1) is 11.3 Å². The molecular weight excluding hydrogens is 198 g/mol. The summed E-state index contributed by atoms with van der Waals surface area (Å²) >= 11 is 0. The standard InChI is InChI=1S/C13H23N3/c1-11(2)13(6-7-13)10-14-8-4-12-5-9-15-16(12)3/h5,9,11,14H,4,6-8,10H2,1-3H3. The Morgan fingerprint density at radius 2 is 2.25 bits per heavy atom. The number of nitrogens with one attached hydrogen (secondary N) is 1. The minimum atomic E-state index is 0.618. The molecule has 0 amide bonds. The lowest BCUT2D eigenvalue weighted by molar-refractivity contribution is 0.339. The summed E-state index contributed by atoms with van der Waals surface area (Å²) in [6, 6.07) is 2.09. The molecule has 0 atom stereocenters. The van der Waals surface area contributed by atoms with Gasteiger partial charge in [-0.15, -0.1) is 0 Å². The van der Waals surface area contributed by atoms with Crippen molar-refractivity contribution in [2.45, 2.75) is 33.1 Å². The zero-order valence-electron chi connectivity index (χ0n) is 10.7. The Morgan fingerprint density at radius 3 is 2.75 bits per heavy atom. The molecule has 0 bridgehead atoms. The first-order valence-electron chi connectivity index (χ1n) is 6.32. The molecule has 0 aromatic carbocycles. The van der Waals surface area contributed by atoms with E-state index in [1.807, 2.05) is 17.9 Å². The number of aromatic nitrogens is 2. The van der Waals surface area contributed by atoms with Crippen LogP contribution in [0.5, 0.6) is 0 Å².